The van der Waals surface area contributed by atoms with Crippen LogP contribution in [0, 0.1) is 0 Å². The molecular weight excluding hydrogens is 122 g/mol. The molecule has 10 heavy (non-hydrogen) atoms. The molecule has 0 amide bonds. The van der Waals surface area contributed by atoms with Gasteiger partial charge in [-0.05, 0) is 29.7 Å². The molecule has 1 aromatic rings. The minimum atomic E-state index is 0.838. The predicted octanol–water partition coefficient (Wildman–Crippen LogP) is 2.06. The minimum Gasteiger partial charge on any atom is -0.399 e. The molecule has 1 aliphatic carbocycles. The van der Waals surface area contributed by atoms with Crippen molar-refractivity contribution in [2.45, 2.75) is 6.42 Å². The van der Waals surface area contributed by atoms with E-state index in [-0.39, 0.29) is 0 Å². The van der Waals surface area contributed by atoms with E-state index in [4.69, 9.17) is 5.73 Å². The summed E-state index contributed by atoms with van der Waals surface area (Å²) >= 11 is 0. The zero-order valence-electron chi connectivity index (χ0n) is 5.67. The summed E-state index contributed by atoms with van der Waals surface area (Å²) in [6.45, 7) is 0. The lowest BCUT2D eigenvalue weighted by molar-refractivity contribution is 1.59. The summed E-state index contributed by atoms with van der Waals surface area (Å²) in [5, 5.41) is 0. The van der Waals surface area contributed by atoms with Gasteiger partial charge in [-0.2, -0.15) is 0 Å². The highest BCUT2D eigenvalue weighted by Gasteiger charge is 2.08. The molecule has 0 spiro atoms. The maximum Gasteiger partial charge on any atom is 0.0314 e. The maximum absolute atomic E-state index is 5.53. The third kappa shape index (κ3) is 0.903. The van der Waals surface area contributed by atoms with Crippen molar-refractivity contribution in [2.24, 2.45) is 0 Å². The van der Waals surface area contributed by atoms with Crippen LogP contribution in [0.5, 0.6) is 0 Å². The lowest BCUT2D eigenvalue weighted by Gasteiger charge is -1.94. The Bertz CT molecular complexity index is 269. The number of hydrogen-bond acceptors (Lipinski definition) is 1. The molecule has 2 rings (SSSR count). The highest BCUT2D eigenvalue weighted by Crippen LogP contribution is 2.30. The molecule has 0 heterocycles. The molecule has 0 aromatic heterocycles. The second kappa shape index (κ2) is 1.87. The van der Waals surface area contributed by atoms with Crippen molar-refractivity contribution < 1.29 is 0 Å². The highest BCUT2D eigenvalue weighted by atomic mass is 14.5. The smallest absolute Gasteiger partial charge is 0.0314 e. The Balaban J connectivity index is 2.37. The zero-order valence-corrected chi connectivity index (χ0v) is 5.67. The minimum absolute atomic E-state index is 0.838. The van der Waals surface area contributed by atoms with Crippen LogP contribution in [0.4, 0.5) is 5.69 Å². The van der Waals surface area contributed by atoms with Crippen LogP contribution < -0.4 is 5.73 Å². The molecule has 0 fully saturated rings. The van der Waals surface area contributed by atoms with Gasteiger partial charge in [-0.1, -0.05) is 18.2 Å². The average molecular weight is 131 g/mol. The summed E-state index contributed by atoms with van der Waals surface area (Å²) in [6, 6.07) is 8.01. The number of rotatable bonds is 1. The van der Waals surface area contributed by atoms with Gasteiger partial charge in [-0.25, -0.2) is 0 Å². The van der Waals surface area contributed by atoms with E-state index in [0.29, 0.717) is 0 Å². The van der Waals surface area contributed by atoms with Crippen LogP contribution in [0.15, 0.2) is 30.3 Å². The summed E-state index contributed by atoms with van der Waals surface area (Å²) in [5.41, 5.74) is 9.12. The van der Waals surface area contributed by atoms with Crippen molar-refractivity contribution in [3.05, 3.63) is 35.9 Å². The molecule has 0 saturated heterocycles. The summed E-state index contributed by atoms with van der Waals surface area (Å²) in [7, 11) is 0. The second-order valence-corrected chi connectivity index (χ2v) is 2.56. The van der Waals surface area contributed by atoms with Gasteiger partial charge >= 0.3 is 0 Å². The first-order chi connectivity index (χ1) is 4.86. The monoisotopic (exact) mass is 131 g/mol. The van der Waals surface area contributed by atoms with E-state index in [0.717, 1.165) is 12.1 Å². The quantitative estimate of drug-likeness (QED) is 0.580. The van der Waals surface area contributed by atoms with Gasteiger partial charge in [0.15, 0.2) is 0 Å². The third-order valence-corrected chi connectivity index (χ3v) is 1.69. The Kier molecular flexibility index (Phi) is 1.04. The summed E-state index contributed by atoms with van der Waals surface area (Å²) < 4.78 is 0. The fourth-order valence-electron chi connectivity index (χ4n) is 0.984. The first-order valence-electron chi connectivity index (χ1n) is 3.41. The van der Waals surface area contributed by atoms with Crippen molar-refractivity contribution >= 4 is 11.3 Å². The molecule has 0 saturated carbocycles. The van der Waals surface area contributed by atoms with E-state index in [1.807, 2.05) is 12.1 Å². The van der Waals surface area contributed by atoms with Gasteiger partial charge in [-0.3, -0.25) is 0 Å². The van der Waals surface area contributed by atoms with E-state index < -0.39 is 0 Å². The molecule has 0 bridgehead atoms. The molecule has 1 heteroatoms. The van der Waals surface area contributed by atoms with Crippen LogP contribution in [0.25, 0.3) is 5.57 Å². The molecule has 0 unspecified atom stereocenters. The third-order valence-electron chi connectivity index (χ3n) is 1.69. The van der Waals surface area contributed by atoms with Gasteiger partial charge in [0, 0.05) is 5.69 Å². The number of benzene rings is 1. The number of nitrogen functional groups attached to an aromatic ring is 1. The standard InChI is InChI=1S/C9H9N/c10-9-5-3-8(4-6-9)7-1-2-7/h1,3-6H,2,10H2. The Hall–Kier alpha value is -1.24. The first kappa shape index (κ1) is 5.54. The van der Waals surface area contributed by atoms with E-state index in [1.165, 1.54) is 11.1 Å². The first-order valence-corrected chi connectivity index (χ1v) is 3.41. The van der Waals surface area contributed by atoms with Gasteiger partial charge < -0.3 is 5.73 Å². The van der Waals surface area contributed by atoms with Crippen molar-refractivity contribution in [1.29, 1.82) is 0 Å². The Morgan fingerprint density at radius 2 is 1.70 bits per heavy atom. The van der Waals surface area contributed by atoms with Crippen LogP contribution >= 0.6 is 0 Å². The van der Waals surface area contributed by atoms with Gasteiger partial charge in [-0.15, -0.1) is 0 Å². The van der Waals surface area contributed by atoms with Crippen molar-refractivity contribution in [3.8, 4) is 0 Å². The number of allylic oxidation sites excluding steroid dienone is 2. The van der Waals surface area contributed by atoms with Gasteiger partial charge in [0.2, 0.25) is 0 Å². The fraction of sp³-hybridized carbons (Fsp3) is 0.111. The fourth-order valence-corrected chi connectivity index (χ4v) is 0.984. The van der Waals surface area contributed by atoms with E-state index in [9.17, 15) is 0 Å². The molecule has 50 valence electrons. The Labute approximate surface area is 60.2 Å². The molecular formula is C9H9N. The number of anilines is 1. The lowest BCUT2D eigenvalue weighted by atomic mass is 10.1. The normalized spacial score (nSPS) is 14.6. The van der Waals surface area contributed by atoms with E-state index in [1.54, 1.807) is 0 Å². The van der Waals surface area contributed by atoms with E-state index in [2.05, 4.69) is 18.2 Å². The van der Waals surface area contributed by atoms with Crippen LogP contribution in [0.1, 0.15) is 12.0 Å². The molecule has 1 aliphatic rings. The van der Waals surface area contributed by atoms with E-state index >= 15 is 0 Å². The molecule has 0 aliphatic heterocycles. The maximum atomic E-state index is 5.53. The highest BCUT2D eigenvalue weighted by molar-refractivity contribution is 5.77. The van der Waals surface area contributed by atoms with Crippen molar-refractivity contribution in [3.63, 3.8) is 0 Å². The Morgan fingerprint density at radius 3 is 2.20 bits per heavy atom. The SMILES string of the molecule is Nc1ccc(C2=CC2)cc1. The zero-order chi connectivity index (χ0) is 6.97. The molecule has 1 nitrogen and oxygen atoms in total. The molecule has 2 N–H and O–H groups in total. The van der Waals surface area contributed by atoms with Gasteiger partial charge in [0.25, 0.3) is 0 Å². The predicted molar refractivity (Wildman–Crippen MR) is 43.4 cm³/mol. The summed E-state index contributed by atoms with van der Waals surface area (Å²) in [5.74, 6) is 0. The van der Waals surface area contributed by atoms with Gasteiger partial charge in [0.1, 0.15) is 0 Å². The molecule has 0 atom stereocenters. The van der Waals surface area contributed by atoms with Crippen molar-refractivity contribution in [1.82, 2.24) is 0 Å². The largest absolute Gasteiger partial charge is 0.399 e. The second-order valence-electron chi connectivity index (χ2n) is 2.56. The molecule has 0 radical (unpaired) electrons. The molecule has 1 aromatic carbocycles. The van der Waals surface area contributed by atoms with Crippen LogP contribution in [-0.4, -0.2) is 0 Å². The van der Waals surface area contributed by atoms with Crippen LogP contribution in [0.3, 0.4) is 0 Å². The number of hydrogen-bond donors (Lipinski definition) is 1. The van der Waals surface area contributed by atoms with Crippen LogP contribution in [-0.2, 0) is 0 Å². The summed E-state index contributed by atoms with van der Waals surface area (Å²) in [6.07, 6.45) is 3.37. The Morgan fingerprint density at radius 1 is 1.10 bits per heavy atom. The number of nitrogens with two attached hydrogens (primary N) is 1. The topological polar surface area (TPSA) is 26.0 Å². The van der Waals surface area contributed by atoms with Crippen molar-refractivity contribution in [2.75, 3.05) is 5.73 Å². The van der Waals surface area contributed by atoms with Gasteiger partial charge in [0.05, 0.1) is 0 Å². The average Bonchev–Trinajstić information content (AvgIpc) is 2.71. The summed E-state index contributed by atoms with van der Waals surface area (Å²) in [4.78, 5) is 0. The van der Waals surface area contributed by atoms with Crippen LogP contribution in [0.2, 0.25) is 0 Å². The lowest BCUT2D eigenvalue weighted by Crippen LogP contribution is -1.82.